The second-order valence-corrected chi connectivity index (χ2v) is 7.74. The smallest absolute Gasteiger partial charge is 0.186 e. The number of hydrogen-bond acceptors (Lipinski definition) is 5. The van der Waals surface area contributed by atoms with Crippen molar-refractivity contribution in [2.45, 2.75) is 48.5 Å². The lowest BCUT2D eigenvalue weighted by molar-refractivity contribution is -0.121. The van der Waals surface area contributed by atoms with Gasteiger partial charge in [-0.25, -0.2) is 13.4 Å². The average molecular weight is 338 g/mol. The third-order valence-corrected chi connectivity index (χ3v) is 6.28. The van der Waals surface area contributed by atoms with Crippen molar-refractivity contribution in [1.82, 2.24) is 5.32 Å². The first-order chi connectivity index (χ1) is 10.8. The van der Waals surface area contributed by atoms with Gasteiger partial charge in [-0.15, -0.1) is 0 Å². The summed E-state index contributed by atoms with van der Waals surface area (Å²) in [6.45, 7) is 3.25. The molecule has 1 aliphatic heterocycles. The van der Waals surface area contributed by atoms with Crippen LogP contribution < -0.4 is 16.8 Å². The van der Waals surface area contributed by atoms with Crippen LogP contribution in [0.4, 0.5) is 0 Å². The molecule has 1 fully saturated rings. The van der Waals surface area contributed by atoms with Gasteiger partial charge in [-0.05, 0) is 25.5 Å². The minimum Gasteiger partial charge on any atom is -0.370 e. The Morgan fingerprint density at radius 1 is 1.30 bits per heavy atom. The van der Waals surface area contributed by atoms with Gasteiger partial charge in [0.1, 0.15) is 11.0 Å². The maximum Gasteiger partial charge on any atom is 0.186 e. The minimum absolute atomic E-state index is 0.0965. The Balaban J connectivity index is 2.41. The predicted molar refractivity (Wildman–Crippen MR) is 88.7 cm³/mol. The second kappa shape index (κ2) is 6.67. The molecule has 0 radical (unpaired) electrons. The molecule has 0 bridgehead atoms. The number of guanidine groups is 1. The third-order valence-electron chi connectivity index (χ3n) is 4.07. The Hall–Kier alpha value is -1.93. The SMILES string of the molecule is CCC(N=C(N)N)C1NC(C(C)=O)C1S(=O)(=O)c1ccccc1. The standard InChI is InChI=1S/C15H22N4O3S/c1-3-11(18-15(16)17)13-14(12(19-13)9(2)20)23(21,22)10-7-5-4-6-8-10/h4-8,11-14,19H,3H2,1-2H3,(H4,16,17,18). The molecule has 1 saturated heterocycles. The Labute approximate surface area is 136 Å². The molecule has 4 atom stereocenters. The molecule has 126 valence electrons. The van der Waals surface area contributed by atoms with E-state index in [0.717, 1.165) is 0 Å². The zero-order valence-electron chi connectivity index (χ0n) is 13.1. The predicted octanol–water partition coefficient (Wildman–Crippen LogP) is -0.190. The molecule has 1 aliphatic rings. The number of Topliss-reactive ketones (excluding diaryl/α,β-unsaturated/α-hetero) is 1. The normalized spacial score (nSPS) is 25.2. The van der Waals surface area contributed by atoms with Gasteiger partial charge in [0.05, 0.1) is 17.0 Å². The lowest BCUT2D eigenvalue weighted by atomic mass is 9.87. The van der Waals surface area contributed by atoms with E-state index in [1.54, 1.807) is 18.2 Å². The van der Waals surface area contributed by atoms with Gasteiger partial charge in [-0.3, -0.25) is 4.79 Å². The fourth-order valence-electron chi connectivity index (χ4n) is 2.92. The molecule has 5 N–H and O–H groups in total. The molecule has 4 unspecified atom stereocenters. The number of sulfone groups is 1. The van der Waals surface area contributed by atoms with Crippen molar-refractivity contribution in [3.8, 4) is 0 Å². The lowest BCUT2D eigenvalue weighted by Crippen LogP contribution is -2.74. The van der Waals surface area contributed by atoms with Gasteiger partial charge in [0, 0.05) is 6.04 Å². The molecule has 8 heteroatoms. The molecule has 1 aromatic carbocycles. The van der Waals surface area contributed by atoms with Crippen molar-refractivity contribution < 1.29 is 13.2 Å². The van der Waals surface area contributed by atoms with Crippen molar-refractivity contribution in [2.24, 2.45) is 16.5 Å². The highest BCUT2D eigenvalue weighted by Gasteiger charge is 2.53. The third kappa shape index (κ3) is 3.37. The summed E-state index contributed by atoms with van der Waals surface area (Å²) in [6, 6.07) is 6.47. The molecule has 0 spiro atoms. The maximum absolute atomic E-state index is 12.9. The van der Waals surface area contributed by atoms with E-state index in [1.165, 1.54) is 19.1 Å². The summed E-state index contributed by atoms with van der Waals surface area (Å²) in [4.78, 5) is 16.1. The van der Waals surface area contributed by atoms with Crippen LogP contribution in [-0.2, 0) is 14.6 Å². The topological polar surface area (TPSA) is 128 Å². The molecule has 0 saturated carbocycles. The zero-order valence-corrected chi connectivity index (χ0v) is 14.0. The number of carbonyl (C=O) groups excluding carboxylic acids is 1. The summed E-state index contributed by atoms with van der Waals surface area (Å²) in [5.41, 5.74) is 10.9. The van der Waals surface area contributed by atoms with Crippen LogP contribution >= 0.6 is 0 Å². The van der Waals surface area contributed by atoms with Crippen LogP contribution in [0.5, 0.6) is 0 Å². The number of ketones is 1. The number of hydrogen-bond donors (Lipinski definition) is 3. The van der Waals surface area contributed by atoms with E-state index < -0.39 is 33.2 Å². The number of nitrogens with two attached hydrogens (primary N) is 2. The number of rotatable bonds is 6. The van der Waals surface area contributed by atoms with E-state index in [9.17, 15) is 13.2 Å². The van der Waals surface area contributed by atoms with Gasteiger partial charge in [0.2, 0.25) is 0 Å². The van der Waals surface area contributed by atoms with Crippen molar-refractivity contribution >= 4 is 21.6 Å². The highest BCUT2D eigenvalue weighted by atomic mass is 32.2. The summed E-state index contributed by atoms with van der Waals surface area (Å²) >= 11 is 0. The monoisotopic (exact) mass is 338 g/mol. The van der Waals surface area contributed by atoms with E-state index in [0.29, 0.717) is 6.42 Å². The van der Waals surface area contributed by atoms with Gasteiger partial charge >= 0.3 is 0 Å². The van der Waals surface area contributed by atoms with E-state index in [2.05, 4.69) is 10.3 Å². The minimum atomic E-state index is -3.67. The molecule has 0 amide bonds. The van der Waals surface area contributed by atoms with Crippen LogP contribution in [0.25, 0.3) is 0 Å². The second-order valence-electron chi connectivity index (χ2n) is 5.63. The molecule has 7 nitrogen and oxygen atoms in total. The van der Waals surface area contributed by atoms with E-state index in [-0.39, 0.29) is 16.6 Å². The molecular formula is C15H22N4O3S. The lowest BCUT2D eigenvalue weighted by Gasteiger charge is -2.46. The van der Waals surface area contributed by atoms with Crippen LogP contribution in [0.3, 0.4) is 0 Å². The maximum atomic E-state index is 12.9. The Kier molecular flexibility index (Phi) is 5.06. The molecule has 0 aromatic heterocycles. The summed E-state index contributed by atoms with van der Waals surface area (Å²) in [7, 11) is -3.67. The van der Waals surface area contributed by atoms with Gasteiger partial charge in [-0.1, -0.05) is 25.1 Å². The fraction of sp³-hybridized carbons (Fsp3) is 0.467. The first-order valence-corrected chi connectivity index (χ1v) is 8.97. The first kappa shape index (κ1) is 17.4. The first-order valence-electron chi connectivity index (χ1n) is 7.43. The number of nitrogens with zero attached hydrogens (tertiary/aromatic N) is 1. The van der Waals surface area contributed by atoms with Gasteiger partial charge < -0.3 is 16.8 Å². The van der Waals surface area contributed by atoms with Crippen LogP contribution in [-0.4, -0.2) is 43.5 Å². The number of benzene rings is 1. The highest BCUT2D eigenvalue weighted by Crippen LogP contribution is 2.31. The number of nitrogens with one attached hydrogen (secondary N) is 1. The van der Waals surface area contributed by atoms with Crippen LogP contribution in [0.15, 0.2) is 40.2 Å². The van der Waals surface area contributed by atoms with Crippen molar-refractivity contribution in [1.29, 1.82) is 0 Å². The Morgan fingerprint density at radius 2 is 1.91 bits per heavy atom. The molecule has 1 heterocycles. The van der Waals surface area contributed by atoms with Gasteiger partial charge in [0.15, 0.2) is 15.8 Å². The molecule has 1 aromatic rings. The molecular weight excluding hydrogens is 316 g/mol. The van der Waals surface area contributed by atoms with Crippen LogP contribution in [0.2, 0.25) is 0 Å². The Morgan fingerprint density at radius 3 is 2.39 bits per heavy atom. The van der Waals surface area contributed by atoms with E-state index in [1.807, 2.05) is 6.92 Å². The number of carbonyl (C=O) groups is 1. The zero-order chi connectivity index (χ0) is 17.2. The summed E-state index contributed by atoms with van der Waals surface area (Å²) < 4.78 is 25.9. The molecule has 23 heavy (non-hydrogen) atoms. The fourth-order valence-corrected chi connectivity index (χ4v) is 5.05. The average Bonchev–Trinajstić information content (AvgIpc) is 2.44. The van der Waals surface area contributed by atoms with Gasteiger partial charge in [0.25, 0.3) is 0 Å². The molecule has 2 rings (SSSR count). The largest absolute Gasteiger partial charge is 0.370 e. The highest BCUT2D eigenvalue weighted by molar-refractivity contribution is 7.92. The van der Waals surface area contributed by atoms with E-state index in [4.69, 9.17) is 11.5 Å². The number of aliphatic imine (C=N–C) groups is 1. The van der Waals surface area contributed by atoms with Gasteiger partial charge in [-0.2, -0.15) is 0 Å². The quantitative estimate of drug-likeness (QED) is 0.487. The Bertz CT molecular complexity index is 699. The van der Waals surface area contributed by atoms with Crippen molar-refractivity contribution in [3.63, 3.8) is 0 Å². The summed E-state index contributed by atoms with van der Waals surface area (Å²) in [6.07, 6.45) is 0.557. The summed E-state index contributed by atoms with van der Waals surface area (Å²) in [5, 5.41) is 2.14. The molecule has 0 aliphatic carbocycles. The van der Waals surface area contributed by atoms with Crippen molar-refractivity contribution in [3.05, 3.63) is 30.3 Å². The van der Waals surface area contributed by atoms with E-state index >= 15 is 0 Å². The van der Waals surface area contributed by atoms with Crippen LogP contribution in [0.1, 0.15) is 20.3 Å². The van der Waals surface area contributed by atoms with Crippen LogP contribution in [0, 0.1) is 0 Å². The van der Waals surface area contributed by atoms with Crippen molar-refractivity contribution in [2.75, 3.05) is 0 Å². The summed E-state index contributed by atoms with van der Waals surface area (Å²) in [5.74, 6) is -0.314.